The predicted octanol–water partition coefficient (Wildman–Crippen LogP) is 6.09. The Morgan fingerprint density at radius 3 is 2.60 bits per heavy atom. The number of ether oxygens (including phenoxy) is 2. The van der Waals surface area contributed by atoms with Crippen molar-refractivity contribution in [3.05, 3.63) is 58.8 Å². The van der Waals surface area contributed by atoms with Crippen molar-refractivity contribution in [3.8, 4) is 5.75 Å². The molecule has 0 unspecified atom stereocenters. The lowest BCUT2D eigenvalue weighted by Crippen LogP contribution is -2.39. The van der Waals surface area contributed by atoms with Gasteiger partial charge in [-0.15, -0.1) is 0 Å². The Labute approximate surface area is 235 Å². The van der Waals surface area contributed by atoms with Crippen molar-refractivity contribution >= 4 is 22.3 Å². The van der Waals surface area contributed by atoms with E-state index in [1.165, 1.54) is 43.3 Å². The zero-order valence-electron chi connectivity index (χ0n) is 23.5. The van der Waals surface area contributed by atoms with Gasteiger partial charge in [0.15, 0.2) is 11.6 Å². The Hall–Kier alpha value is -2.97. The molecule has 2 saturated heterocycles. The quantitative estimate of drug-likeness (QED) is 0.325. The molecule has 214 valence electrons. The summed E-state index contributed by atoms with van der Waals surface area (Å²) in [7, 11) is 1.72. The van der Waals surface area contributed by atoms with Crippen LogP contribution in [0.1, 0.15) is 55.3 Å². The lowest BCUT2D eigenvalue weighted by Gasteiger charge is -2.35. The number of aryl methyl sites for hydroxylation is 1. The summed E-state index contributed by atoms with van der Waals surface area (Å²) in [5.74, 6) is -0.727. The van der Waals surface area contributed by atoms with E-state index in [9.17, 15) is 8.78 Å². The minimum Gasteiger partial charge on any atom is -0.496 e. The molecule has 3 aliphatic rings. The maximum absolute atomic E-state index is 14.4. The van der Waals surface area contributed by atoms with Crippen LogP contribution in [0.2, 0.25) is 0 Å². The van der Waals surface area contributed by atoms with Crippen LogP contribution in [-0.4, -0.2) is 62.4 Å². The van der Waals surface area contributed by atoms with Crippen LogP contribution in [0.25, 0.3) is 10.9 Å². The van der Waals surface area contributed by atoms with E-state index in [1.807, 2.05) is 4.90 Å². The van der Waals surface area contributed by atoms with Crippen LogP contribution in [0.15, 0.2) is 30.3 Å². The summed E-state index contributed by atoms with van der Waals surface area (Å²) in [6, 6.07) is 8.91. The molecule has 1 aliphatic carbocycles. The summed E-state index contributed by atoms with van der Waals surface area (Å²) in [6.45, 7) is 5.88. The number of nitrogens with one attached hydrogen (secondary N) is 1. The van der Waals surface area contributed by atoms with Gasteiger partial charge in [0.2, 0.25) is 0 Å². The highest BCUT2D eigenvalue weighted by molar-refractivity contribution is 5.95. The first-order valence-electron chi connectivity index (χ1n) is 14.9. The number of anilines is 2. The number of pyridine rings is 1. The molecule has 0 saturated carbocycles. The van der Waals surface area contributed by atoms with E-state index in [1.54, 1.807) is 19.2 Å². The van der Waals surface area contributed by atoms with Crippen molar-refractivity contribution in [2.24, 2.45) is 0 Å². The molecule has 2 fully saturated rings. The smallest absolute Gasteiger partial charge is 0.182 e. The third-order valence-electron chi connectivity index (χ3n) is 8.79. The average molecular weight is 551 g/mol. The fourth-order valence-electron chi connectivity index (χ4n) is 6.55. The highest BCUT2D eigenvalue weighted by Gasteiger charge is 2.26. The molecule has 8 heteroatoms. The van der Waals surface area contributed by atoms with Gasteiger partial charge in [0.05, 0.1) is 31.5 Å². The SMILES string of the molecule is COc1cc2c(NC3CCN(c4cccc(F)c4F)CC3)c3c(nc2cc1COCCN1CCCC1)CCCC3. The van der Waals surface area contributed by atoms with E-state index in [4.69, 9.17) is 14.5 Å². The predicted molar refractivity (Wildman–Crippen MR) is 155 cm³/mol. The van der Waals surface area contributed by atoms with E-state index >= 15 is 0 Å². The molecule has 0 bridgehead atoms. The first kappa shape index (κ1) is 27.2. The zero-order valence-corrected chi connectivity index (χ0v) is 23.5. The molecular weight excluding hydrogens is 510 g/mol. The van der Waals surface area contributed by atoms with Gasteiger partial charge in [0.1, 0.15) is 5.75 Å². The fraction of sp³-hybridized carbons (Fsp3) is 0.531. The maximum Gasteiger partial charge on any atom is 0.182 e. The highest BCUT2D eigenvalue weighted by Crippen LogP contribution is 2.38. The molecule has 2 aromatic carbocycles. The normalized spacial score (nSPS) is 18.3. The second-order valence-corrected chi connectivity index (χ2v) is 11.4. The number of aromatic nitrogens is 1. The summed E-state index contributed by atoms with van der Waals surface area (Å²) in [4.78, 5) is 9.54. The van der Waals surface area contributed by atoms with Gasteiger partial charge >= 0.3 is 0 Å². The second-order valence-electron chi connectivity index (χ2n) is 11.4. The molecule has 40 heavy (non-hydrogen) atoms. The number of rotatable bonds is 9. The number of methoxy groups -OCH3 is 1. The fourth-order valence-corrected chi connectivity index (χ4v) is 6.55. The van der Waals surface area contributed by atoms with Gasteiger partial charge in [0, 0.05) is 48.0 Å². The number of halogens is 2. The molecule has 0 atom stereocenters. The van der Waals surface area contributed by atoms with E-state index in [0.717, 1.165) is 73.0 Å². The Morgan fingerprint density at radius 1 is 1.00 bits per heavy atom. The molecule has 0 radical (unpaired) electrons. The molecule has 6 rings (SSSR count). The van der Waals surface area contributed by atoms with Crippen molar-refractivity contribution in [2.45, 2.75) is 64.0 Å². The van der Waals surface area contributed by atoms with Crippen LogP contribution < -0.4 is 15.0 Å². The number of likely N-dealkylation sites (tertiary alicyclic amines) is 1. The summed E-state index contributed by atoms with van der Waals surface area (Å²) in [5, 5.41) is 4.96. The first-order chi connectivity index (χ1) is 19.6. The number of hydrogen-bond donors (Lipinski definition) is 1. The Balaban J connectivity index is 1.21. The summed E-state index contributed by atoms with van der Waals surface area (Å²) >= 11 is 0. The summed E-state index contributed by atoms with van der Waals surface area (Å²) in [6.07, 6.45) is 8.58. The topological polar surface area (TPSA) is 49.9 Å². The van der Waals surface area contributed by atoms with Gasteiger partial charge in [-0.2, -0.15) is 0 Å². The lowest BCUT2D eigenvalue weighted by atomic mass is 9.91. The van der Waals surface area contributed by atoms with Crippen LogP contribution in [0, 0.1) is 11.6 Å². The largest absolute Gasteiger partial charge is 0.496 e. The number of nitrogens with zero attached hydrogens (tertiary/aromatic N) is 3. The van der Waals surface area contributed by atoms with E-state index < -0.39 is 11.6 Å². The third-order valence-corrected chi connectivity index (χ3v) is 8.79. The summed E-state index contributed by atoms with van der Waals surface area (Å²) in [5.41, 5.74) is 6.01. The van der Waals surface area contributed by atoms with E-state index in [0.29, 0.717) is 32.0 Å². The number of piperidine rings is 1. The van der Waals surface area contributed by atoms with Crippen molar-refractivity contribution in [3.63, 3.8) is 0 Å². The van der Waals surface area contributed by atoms with Crippen LogP contribution >= 0.6 is 0 Å². The molecular formula is C32H40F2N4O2. The Morgan fingerprint density at radius 2 is 1.80 bits per heavy atom. The van der Waals surface area contributed by atoms with Gasteiger partial charge in [-0.05, 0) is 94.3 Å². The minimum atomic E-state index is -0.794. The van der Waals surface area contributed by atoms with Crippen LogP contribution in [0.5, 0.6) is 5.75 Å². The molecule has 2 aliphatic heterocycles. The molecule has 0 spiro atoms. The van der Waals surface area contributed by atoms with Gasteiger partial charge < -0.3 is 24.6 Å². The molecule has 0 amide bonds. The monoisotopic (exact) mass is 550 g/mol. The molecule has 6 nitrogen and oxygen atoms in total. The van der Waals surface area contributed by atoms with Crippen molar-refractivity contribution in [2.75, 3.05) is 56.7 Å². The maximum atomic E-state index is 14.4. The van der Waals surface area contributed by atoms with Crippen LogP contribution in [-0.2, 0) is 24.2 Å². The molecule has 3 aromatic rings. The van der Waals surface area contributed by atoms with E-state index in [-0.39, 0.29) is 6.04 Å². The summed E-state index contributed by atoms with van der Waals surface area (Å²) < 4.78 is 40.1. The Bertz CT molecular complexity index is 1340. The number of hydrogen-bond acceptors (Lipinski definition) is 6. The zero-order chi connectivity index (χ0) is 27.5. The van der Waals surface area contributed by atoms with Gasteiger partial charge in [-0.1, -0.05) is 6.07 Å². The van der Waals surface area contributed by atoms with Crippen molar-refractivity contribution in [1.29, 1.82) is 0 Å². The lowest BCUT2D eigenvalue weighted by molar-refractivity contribution is 0.0979. The minimum absolute atomic E-state index is 0.240. The van der Waals surface area contributed by atoms with E-state index in [2.05, 4.69) is 22.3 Å². The third kappa shape index (κ3) is 5.75. The second kappa shape index (κ2) is 12.3. The first-order valence-corrected chi connectivity index (χ1v) is 14.9. The highest BCUT2D eigenvalue weighted by atomic mass is 19.2. The van der Waals surface area contributed by atoms with Crippen LogP contribution in [0.3, 0.4) is 0 Å². The molecule has 3 heterocycles. The Kier molecular flexibility index (Phi) is 8.35. The average Bonchev–Trinajstić information content (AvgIpc) is 3.50. The van der Waals surface area contributed by atoms with Gasteiger partial charge in [0.25, 0.3) is 0 Å². The standard InChI is InChI=1S/C32H40F2N4O2/c1-39-30-20-25-28(19-22(30)21-40-18-17-37-13-4-5-14-37)36-27-9-3-2-7-24(27)32(25)35-23-11-15-38(16-12-23)29-10-6-8-26(33)31(29)34/h6,8,10,19-20,23H,2-5,7,9,11-18,21H2,1H3,(H,35,36). The number of benzene rings is 2. The van der Waals surface area contributed by atoms with Crippen molar-refractivity contribution in [1.82, 2.24) is 9.88 Å². The molecule has 1 N–H and O–H groups in total. The van der Waals surface area contributed by atoms with Crippen LogP contribution in [0.4, 0.5) is 20.2 Å². The van der Waals surface area contributed by atoms with Crippen molar-refractivity contribution < 1.29 is 18.3 Å². The molecule has 1 aromatic heterocycles. The number of fused-ring (bicyclic) bond motifs is 2. The van der Waals surface area contributed by atoms with Gasteiger partial charge in [-0.25, -0.2) is 8.78 Å². The van der Waals surface area contributed by atoms with Gasteiger partial charge in [-0.3, -0.25) is 4.98 Å².